The van der Waals surface area contributed by atoms with E-state index >= 15 is 0 Å². The SMILES string of the molecule is C=CC(=O)NC(C)(C)CC.O=P(O)(O)O. The summed E-state index contributed by atoms with van der Waals surface area (Å²) in [4.78, 5) is 32.3. The van der Waals surface area contributed by atoms with E-state index in [9.17, 15) is 4.79 Å². The third-order valence-corrected chi connectivity index (χ3v) is 1.53. The lowest BCUT2D eigenvalue weighted by atomic mass is 10.0. The molecule has 7 heteroatoms. The minimum Gasteiger partial charge on any atom is -0.348 e. The quantitative estimate of drug-likeness (QED) is 0.425. The lowest BCUT2D eigenvalue weighted by Gasteiger charge is -2.23. The molecule has 0 fully saturated rings. The van der Waals surface area contributed by atoms with Gasteiger partial charge in [-0.25, -0.2) is 4.57 Å². The van der Waals surface area contributed by atoms with Crippen molar-refractivity contribution in [3.63, 3.8) is 0 Å². The molecule has 90 valence electrons. The first-order valence-corrected chi connectivity index (χ1v) is 5.81. The second kappa shape index (κ2) is 6.74. The van der Waals surface area contributed by atoms with Gasteiger partial charge in [-0.2, -0.15) is 0 Å². The van der Waals surface area contributed by atoms with E-state index < -0.39 is 7.82 Å². The van der Waals surface area contributed by atoms with Gasteiger partial charge < -0.3 is 20.0 Å². The molecule has 0 saturated heterocycles. The van der Waals surface area contributed by atoms with Crippen LogP contribution in [-0.2, 0) is 9.36 Å². The number of nitrogens with one attached hydrogen (secondary N) is 1. The van der Waals surface area contributed by atoms with Crippen molar-refractivity contribution in [2.24, 2.45) is 0 Å². The van der Waals surface area contributed by atoms with Crippen LogP contribution in [0.25, 0.3) is 0 Å². The molecule has 0 aromatic carbocycles. The van der Waals surface area contributed by atoms with Crippen molar-refractivity contribution in [2.75, 3.05) is 0 Å². The predicted octanol–water partition coefficient (Wildman–Crippen LogP) is 0.549. The highest BCUT2D eigenvalue weighted by Crippen LogP contribution is 2.25. The van der Waals surface area contributed by atoms with Crippen LogP contribution in [0.1, 0.15) is 27.2 Å². The number of hydrogen-bond acceptors (Lipinski definition) is 2. The Balaban J connectivity index is 0. The average molecular weight is 239 g/mol. The van der Waals surface area contributed by atoms with E-state index in [1.54, 1.807) is 0 Å². The van der Waals surface area contributed by atoms with Crippen LogP contribution in [0.3, 0.4) is 0 Å². The maximum atomic E-state index is 10.8. The normalized spacial score (nSPS) is 11.1. The van der Waals surface area contributed by atoms with E-state index in [1.807, 2.05) is 20.8 Å². The smallest absolute Gasteiger partial charge is 0.348 e. The Kier molecular flexibility index (Phi) is 7.52. The molecule has 4 N–H and O–H groups in total. The molecule has 1 amide bonds. The molecular weight excluding hydrogens is 221 g/mol. The van der Waals surface area contributed by atoms with Gasteiger partial charge >= 0.3 is 7.82 Å². The van der Waals surface area contributed by atoms with Gasteiger partial charge in [0.15, 0.2) is 0 Å². The van der Waals surface area contributed by atoms with Crippen molar-refractivity contribution in [3.8, 4) is 0 Å². The Morgan fingerprint density at radius 2 is 1.80 bits per heavy atom. The Morgan fingerprint density at radius 3 is 2.00 bits per heavy atom. The Hall–Kier alpha value is -0.680. The zero-order chi connectivity index (χ0) is 12.7. The van der Waals surface area contributed by atoms with E-state index in [1.165, 1.54) is 6.08 Å². The van der Waals surface area contributed by atoms with Gasteiger partial charge in [0, 0.05) is 5.54 Å². The second-order valence-electron chi connectivity index (χ2n) is 3.44. The third-order valence-electron chi connectivity index (χ3n) is 1.53. The van der Waals surface area contributed by atoms with Crippen LogP contribution in [0.15, 0.2) is 12.7 Å². The molecule has 6 nitrogen and oxygen atoms in total. The first-order chi connectivity index (χ1) is 6.52. The number of carbonyl (C=O) groups excluding carboxylic acids is 1. The zero-order valence-electron chi connectivity index (χ0n) is 9.10. The molecule has 0 aromatic heterocycles. The minimum absolute atomic E-state index is 0.105. The van der Waals surface area contributed by atoms with Gasteiger partial charge in [0.05, 0.1) is 0 Å². The highest BCUT2D eigenvalue weighted by molar-refractivity contribution is 7.45. The molecule has 0 aliphatic rings. The number of carbonyl (C=O) groups is 1. The predicted molar refractivity (Wildman–Crippen MR) is 57.0 cm³/mol. The molecule has 0 aromatic rings. The van der Waals surface area contributed by atoms with E-state index in [-0.39, 0.29) is 11.4 Å². The Labute approximate surface area is 89.3 Å². The third kappa shape index (κ3) is 19.7. The summed E-state index contributed by atoms with van der Waals surface area (Å²) in [7, 11) is -4.64. The summed E-state index contributed by atoms with van der Waals surface area (Å²) in [5.41, 5.74) is -0.106. The van der Waals surface area contributed by atoms with Crippen LogP contribution in [0.4, 0.5) is 0 Å². The topological polar surface area (TPSA) is 107 Å². The van der Waals surface area contributed by atoms with Gasteiger partial charge in [-0.1, -0.05) is 13.5 Å². The molecule has 0 spiro atoms. The van der Waals surface area contributed by atoms with Crippen molar-refractivity contribution < 1.29 is 24.0 Å². The first kappa shape index (κ1) is 16.7. The molecule has 0 atom stereocenters. The van der Waals surface area contributed by atoms with Gasteiger partial charge in [0.25, 0.3) is 0 Å². The first-order valence-electron chi connectivity index (χ1n) is 4.24. The maximum absolute atomic E-state index is 10.8. The number of phosphoric acid groups is 1. The molecule has 0 unspecified atom stereocenters. The van der Waals surface area contributed by atoms with E-state index in [0.29, 0.717) is 0 Å². The lowest BCUT2D eigenvalue weighted by molar-refractivity contribution is -0.118. The van der Waals surface area contributed by atoms with E-state index in [2.05, 4.69) is 11.9 Å². The highest BCUT2D eigenvalue weighted by atomic mass is 31.2. The molecule has 0 rings (SSSR count). The van der Waals surface area contributed by atoms with Crippen molar-refractivity contribution in [2.45, 2.75) is 32.7 Å². The van der Waals surface area contributed by atoms with Crippen molar-refractivity contribution in [1.82, 2.24) is 5.32 Å². The van der Waals surface area contributed by atoms with Gasteiger partial charge in [-0.05, 0) is 26.3 Å². The van der Waals surface area contributed by atoms with Gasteiger partial charge in [0.1, 0.15) is 0 Å². The molecule has 15 heavy (non-hydrogen) atoms. The maximum Gasteiger partial charge on any atom is 0.466 e. The second-order valence-corrected chi connectivity index (χ2v) is 4.47. The Morgan fingerprint density at radius 1 is 1.47 bits per heavy atom. The zero-order valence-corrected chi connectivity index (χ0v) is 9.99. The van der Waals surface area contributed by atoms with Crippen LogP contribution in [0.5, 0.6) is 0 Å². The van der Waals surface area contributed by atoms with Crippen molar-refractivity contribution in [3.05, 3.63) is 12.7 Å². The summed E-state index contributed by atoms with van der Waals surface area (Å²) in [5.74, 6) is -0.105. The fourth-order valence-corrected chi connectivity index (χ4v) is 0.473. The van der Waals surface area contributed by atoms with Crippen LogP contribution < -0.4 is 5.32 Å². The van der Waals surface area contributed by atoms with Crippen molar-refractivity contribution >= 4 is 13.7 Å². The molecule has 0 aliphatic heterocycles. The molecule has 0 saturated carbocycles. The molecule has 0 aliphatic carbocycles. The average Bonchev–Trinajstić information content (AvgIpc) is 2.00. The van der Waals surface area contributed by atoms with Gasteiger partial charge in [0.2, 0.25) is 5.91 Å². The summed E-state index contributed by atoms with van der Waals surface area (Å²) in [6.07, 6.45) is 2.21. The summed E-state index contributed by atoms with van der Waals surface area (Å²) >= 11 is 0. The molecule has 0 radical (unpaired) electrons. The standard InChI is InChI=1S/C8H15NO.H3O4P/c1-5-7(10)9-8(3,4)6-2;1-5(2,3)4/h5H,1,6H2,2-4H3,(H,9,10);(H3,1,2,3,4). The van der Waals surface area contributed by atoms with E-state index in [0.717, 1.165) is 6.42 Å². The monoisotopic (exact) mass is 239 g/mol. The van der Waals surface area contributed by atoms with Gasteiger partial charge in [-0.15, -0.1) is 0 Å². The van der Waals surface area contributed by atoms with Crippen LogP contribution in [0.2, 0.25) is 0 Å². The van der Waals surface area contributed by atoms with Crippen molar-refractivity contribution in [1.29, 1.82) is 0 Å². The van der Waals surface area contributed by atoms with Crippen LogP contribution in [0, 0.1) is 0 Å². The van der Waals surface area contributed by atoms with E-state index in [4.69, 9.17) is 19.2 Å². The largest absolute Gasteiger partial charge is 0.466 e. The molecular formula is C8H18NO5P. The highest BCUT2D eigenvalue weighted by Gasteiger charge is 2.15. The summed E-state index contributed by atoms with van der Waals surface area (Å²) < 4.78 is 8.88. The molecule has 0 bridgehead atoms. The fourth-order valence-electron chi connectivity index (χ4n) is 0.473. The Bertz CT molecular complexity index is 249. The number of hydrogen-bond donors (Lipinski definition) is 4. The molecule has 0 heterocycles. The number of rotatable bonds is 3. The summed E-state index contributed by atoms with van der Waals surface area (Å²) in [6, 6.07) is 0. The van der Waals surface area contributed by atoms with Crippen LogP contribution >= 0.6 is 7.82 Å². The summed E-state index contributed by atoms with van der Waals surface area (Å²) in [6.45, 7) is 9.36. The number of amides is 1. The summed E-state index contributed by atoms with van der Waals surface area (Å²) in [5, 5.41) is 2.80. The van der Waals surface area contributed by atoms with Crippen LogP contribution in [-0.4, -0.2) is 26.1 Å². The lowest BCUT2D eigenvalue weighted by Crippen LogP contribution is -2.41. The van der Waals surface area contributed by atoms with Gasteiger partial charge in [-0.3, -0.25) is 4.79 Å². The fraction of sp³-hybridized carbons (Fsp3) is 0.625. The minimum atomic E-state index is -4.64.